The van der Waals surface area contributed by atoms with E-state index >= 15 is 0 Å². The van der Waals surface area contributed by atoms with Gasteiger partial charge in [-0.15, -0.1) is 0 Å². The first-order valence-corrected chi connectivity index (χ1v) is 7.63. The van der Waals surface area contributed by atoms with E-state index in [2.05, 4.69) is 13.8 Å². The molecule has 0 saturated heterocycles. The number of carbonyl (C=O) groups excluding carboxylic acids is 1. The number of hydrogen-bond acceptors (Lipinski definition) is 5. The van der Waals surface area contributed by atoms with Gasteiger partial charge in [0.1, 0.15) is 0 Å². The fraction of sp³-hybridized carbons (Fsp3) is 0.300. The van der Waals surface area contributed by atoms with Gasteiger partial charge in [-0.2, -0.15) is 0 Å². The number of rotatable bonds is 5. The van der Waals surface area contributed by atoms with E-state index in [-0.39, 0.29) is 0 Å². The highest BCUT2D eigenvalue weighted by atomic mass is 32.2. The first-order valence-electron chi connectivity index (χ1n) is 4.94. The van der Waals surface area contributed by atoms with Crippen LogP contribution in [0.5, 0.6) is 0 Å². The molecule has 1 atom stereocenters. The second kappa shape index (κ2) is 6.24. The molecule has 18 heavy (non-hydrogen) atoms. The van der Waals surface area contributed by atoms with E-state index in [1.165, 1.54) is 0 Å². The lowest BCUT2D eigenvalue weighted by Gasteiger charge is -2.12. The molecule has 0 radical (unpaired) electrons. The normalized spacial score (nSPS) is 13.1. The van der Waals surface area contributed by atoms with Crippen LogP contribution >= 0.6 is 7.60 Å². The first kappa shape index (κ1) is 15.0. The third kappa shape index (κ3) is 3.49. The van der Waals surface area contributed by atoms with Gasteiger partial charge in [0.2, 0.25) is 0 Å². The summed E-state index contributed by atoms with van der Waals surface area (Å²) in [7, 11) is -3.54. The molecule has 1 N–H and O–H groups in total. The van der Waals surface area contributed by atoms with E-state index in [0.717, 1.165) is 19.8 Å². The molecule has 6 nitrogen and oxygen atoms in total. The Labute approximate surface area is 108 Å². The van der Waals surface area contributed by atoms with Crippen LogP contribution < -0.4 is 4.72 Å². The molecule has 0 aliphatic carbocycles. The SMILES string of the molecule is COP(=O)(OC)C(=O)NS(=O)c1ccc(C)cc1. The summed E-state index contributed by atoms with van der Waals surface area (Å²) in [5.74, 6) is 0. The Kier molecular flexibility index (Phi) is 5.22. The molecule has 0 aliphatic rings. The molecule has 1 rings (SSSR count). The summed E-state index contributed by atoms with van der Waals surface area (Å²) in [4.78, 5) is 12.0. The summed E-state index contributed by atoms with van der Waals surface area (Å²) in [6, 6.07) is 6.73. The van der Waals surface area contributed by atoms with Gasteiger partial charge >= 0.3 is 13.2 Å². The fourth-order valence-corrected chi connectivity index (χ4v) is 2.93. The predicted octanol–water partition coefficient (Wildman–Crippen LogP) is 2.21. The number of amides is 1. The summed E-state index contributed by atoms with van der Waals surface area (Å²) >= 11 is 0. The van der Waals surface area contributed by atoms with Crippen LogP contribution in [0, 0.1) is 6.92 Å². The van der Waals surface area contributed by atoms with E-state index in [1.54, 1.807) is 24.3 Å². The Balaban J connectivity index is 2.80. The van der Waals surface area contributed by atoms with Crippen LogP contribution in [0.4, 0.5) is 4.79 Å². The van der Waals surface area contributed by atoms with Gasteiger partial charge in [-0.1, -0.05) is 17.7 Å². The van der Waals surface area contributed by atoms with Crippen molar-refractivity contribution in [1.82, 2.24) is 4.72 Å². The number of aryl methyl sites for hydroxylation is 1. The van der Waals surface area contributed by atoms with E-state index in [4.69, 9.17) is 0 Å². The molecule has 100 valence electrons. The quantitative estimate of drug-likeness (QED) is 0.841. The van der Waals surface area contributed by atoms with Crippen molar-refractivity contribution < 1.29 is 22.6 Å². The van der Waals surface area contributed by atoms with Crippen molar-refractivity contribution in [3.05, 3.63) is 29.8 Å². The average Bonchev–Trinajstić information content (AvgIpc) is 2.38. The molecule has 0 saturated carbocycles. The number of benzene rings is 1. The molecule has 0 heterocycles. The molecule has 1 aromatic carbocycles. The minimum atomic E-state index is -3.90. The lowest BCUT2D eigenvalue weighted by Crippen LogP contribution is -2.25. The van der Waals surface area contributed by atoms with Crippen molar-refractivity contribution in [3.63, 3.8) is 0 Å². The second-order valence-corrected chi connectivity index (χ2v) is 6.70. The molecule has 1 unspecified atom stereocenters. The molecular weight excluding hydrogens is 277 g/mol. The minimum absolute atomic E-state index is 0.396. The van der Waals surface area contributed by atoms with Crippen LogP contribution in [0.25, 0.3) is 0 Å². The highest BCUT2D eigenvalue weighted by Crippen LogP contribution is 2.47. The maximum atomic E-state index is 11.8. The molecule has 8 heteroatoms. The molecule has 0 spiro atoms. The van der Waals surface area contributed by atoms with E-state index in [1.807, 2.05) is 6.92 Å². The lowest BCUT2D eigenvalue weighted by molar-refractivity contribution is 0.238. The van der Waals surface area contributed by atoms with E-state index in [0.29, 0.717) is 4.90 Å². The summed E-state index contributed by atoms with van der Waals surface area (Å²) in [6.07, 6.45) is 0. The van der Waals surface area contributed by atoms with Crippen molar-refractivity contribution in [2.24, 2.45) is 0 Å². The molecular formula is C10H14NO5PS. The Hall–Kier alpha value is -1.01. The zero-order valence-corrected chi connectivity index (χ0v) is 11.9. The van der Waals surface area contributed by atoms with E-state index in [9.17, 15) is 13.6 Å². The van der Waals surface area contributed by atoms with Gasteiger partial charge in [-0.05, 0) is 19.1 Å². The van der Waals surface area contributed by atoms with Crippen molar-refractivity contribution >= 4 is 24.2 Å². The summed E-state index contributed by atoms with van der Waals surface area (Å²) in [5, 5.41) is 0. The van der Waals surface area contributed by atoms with Crippen molar-refractivity contribution in [3.8, 4) is 0 Å². The molecule has 0 fully saturated rings. The molecule has 0 aromatic heterocycles. The summed E-state index contributed by atoms with van der Waals surface area (Å²) < 4.78 is 34.5. The Morgan fingerprint density at radius 2 is 1.72 bits per heavy atom. The van der Waals surface area contributed by atoms with Crippen LogP contribution in [-0.4, -0.2) is 24.1 Å². The van der Waals surface area contributed by atoms with Gasteiger partial charge in [-0.3, -0.25) is 9.52 Å². The smallest absolute Gasteiger partial charge is 0.305 e. The van der Waals surface area contributed by atoms with Gasteiger partial charge in [0.15, 0.2) is 11.0 Å². The summed E-state index contributed by atoms with van der Waals surface area (Å²) in [6.45, 7) is 1.88. The minimum Gasteiger partial charge on any atom is -0.305 e. The van der Waals surface area contributed by atoms with Crippen molar-refractivity contribution in [2.45, 2.75) is 11.8 Å². The zero-order chi connectivity index (χ0) is 13.8. The predicted molar refractivity (Wildman–Crippen MR) is 67.7 cm³/mol. The summed E-state index contributed by atoms with van der Waals surface area (Å²) in [5.41, 5.74) is -0.0343. The maximum absolute atomic E-state index is 11.8. The Bertz CT molecular complexity index is 493. The van der Waals surface area contributed by atoms with E-state index < -0.39 is 24.2 Å². The van der Waals surface area contributed by atoms with Gasteiger partial charge < -0.3 is 9.05 Å². The molecule has 1 aromatic rings. The zero-order valence-electron chi connectivity index (χ0n) is 10.2. The van der Waals surface area contributed by atoms with Crippen molar-refractivity contribution in [2.75, 3.05) is 14.2 Å². The standard InChI is InChI=1S/C10H14NO5PS/c1-8-4-6-9(7-5-8)18(14)11-10(12)17(13,15-2)16-3/h4-7H,1-3H3,(H,11,12). The fourth-order valence-electron chi connectivity index (χ4n) is 1.10. The first-order chi connectivity index (χ1) is 8.42. The number of hydrogen-bond donors (Lipinski definition) is 1. The number of nitrogens with one attached hydrogen (secondary N) is 1. The second-order valence-electron chi connectivity index (χ2n) is 3.35. The Morgan fingerprint density at radius 3 is 2.17 bits per heavy atom. The average molecular weight is 291 g/mol. The van der Waals surface area contributed by atoms with Crippen LogP contribution in [0.2, 0.25) is 0 Å². The third-order valence-electron chi connectivity index (χ3n) is 2.14. The molecule has 0 bridgehead atoms. The third-order valence-corrected chi connectivity index (χ3v) is 4.94. The number of carbonyl (C=O) groups is 1. The lowest BCUT2D eigenvalue weighted by atomic mass is 10.2. The highest BCUT2D eigenvalue weighted by Gasteiger charge is 2.33. The van der Waals surface area contributed by atoms with Crippen LogP contribution in [0.1, 0.15) is 5.56 Å². The van der Waals surface area contributed by atoms with Crippen LogP contribution in [0.3, 0.4) is 0 Å². The van der Waals surface area contributed by atoms with Crippen molar-refractivity contribution in [1.29, 1.82) is 0 Å². The molecule has 0 aliphatic heterocycles. The topological polar surface area (TPSA) is 81.7 Å². The molecule has 1 amide bonds. The van der Waals surface area contributed by atoms with Crippen LogP contribution in [-0.2, 0) is 24.6 Å². The van der Waals surface area contributed by atoms with Gasteiger partial charge in [0.25, 0.3) is 0 Å². The highest BCUT2D eigenvalue weighted by molar-refractivity contribution is 7.86. The monoisotopic (exact) mass is 291 g/mol. The largest absolute Gasteiger partial charge is 0.418 e. The van der Waals surface area contributed by atoms with Crippen LogP contribution in [0.15, 0.2) is 29.2 Å². The van der Waals surface area contributed by atoms with Gasteiger partial charge in [0, 0.05) is 14.2 Å². The van der Waals surface area contributed by atoms with Gasteiger partial charge in [0.05, 0.1) is 4.90 Å². The Morgan fingerprint density at radius 1 is 1.22 bits per heavy atom. The van der Waals surface area contributed by atoms with Gasteiger partial charge in [-0.25, -0.2) is 8.77 Å². The maximum Gasteiger partial charge on any atom is 0.418 e.